The Hall–Kier alpha value is -4.07. The smallest absolute Gasteiger partial charge is 0.251 e. The van der Waals surface area contributed by atoms with Crippen molar-refractivity contribution in [1.82, 2.24) is 15.6 Å². The molecule has 8 heteroatoms. The minimum atomic E-state index is -0.387. The van der Waals surface area contributed by atoms with Crippen LogP contribution in [0.1, 0.15) is 21.5 Å². The average Bonchev–Trinajstić information content (AvgIpc) is 2.85. The first kappa shape index (κ1) is 22.6. The van der Waals surface area contributed by atoms with E-state index in [1.54, 1.807) is 36.5 Å². The molecular formula is C24H25N3O5. The van der Waals surface area contributed by atoms with E-state index in [2.05, 4.69) is 15.6 Å². The van der Waals surface area contributed by atoms with Crippen LogP contribution in [0.5, 0.6) is 17.4 Å². The van der Waals surface area contributed by atoms with E-state index in [-0.39, 0.29) is 24.9 Å². The molecule has 2 amide bonds. The van der Waals surface area contributed by atoms with Crippen LogP contribution < -0.4 is 24.8 Å². The molecule has 3 aromatic rings. The highest BCUT2D eigenvalue weighted by Gasteiger charge is 2.12. The molecule has 0 atom stereocenters. The topological polar surface area (TPSA) is 98.8 Å². The molecule has 32 heavy (non-hydrogen) atoms. The van der Waals surface area contributed by atoms with E-state index in [1.165, 1.54) is 14.2 Å². The number of aromatic nitrogens is 1. The van der Waals surface area contributed by atoms with E-state index in [9.17, 15) is 9.59 Å². The van der Waals surface area contributed by atoms with Crippen molar-refractivity contribution in [2.75, 3.05) is 20.8 Å². The van der Waals surface area contributed by atoms with Crippen LogP contribution in [0.15, 0.2) is 66.9 Å². The number of nitrogens with zero attached hydrogens (tertiary/aromatic N) is 1. The summed E-state index contributed by atoms with van der Waals surface area (Å²) >= 11 is 0. The number of carbonyl (C=O) groups is 2. The molecular weight excluding hydrogens is 410 g/mol. The van der Waals surface area contributed by atoms with Crippen molar-refractivity contribution in [3.05, 3.63) is 83.6 Å². The third-order valence-corrected chi connectivity index (χ3v) is 4.57. The van der Waals surface area contributed by atoms with Crippen LogP contribution in [-0.4, -0.2) is 37.6 Å². The maximum atomic E-state index is 12.3. The molecule has 0 aliphatic heterocycles. The van der Waals surface area contributed by atoms with Crippen molar-refractivity contribution in [3.8, 4) is 17.4 Å². The van der Waals surface area contributed by atoms with Gasteiger partial charge in [-0.3, -0.25) is 9.59 Å². The van der Waals surface area contributed by atoms with Gasteiger partial charge in [0.2, 0.25) is 11.8 Å². The van der Waals surface area contributed by atoms with Crippen molar-refractivity contribution >= 4 is 11.8 Å². The van der Waals surface area contributed by atoms with Crippen LogP contribution in [0.25, 0.3) is 0 Å². The third kappa shape index (κ3) is 6.46. The number of pyridine rings is 1. The molecule has 0 spiro atoms. The molecule has 0 saturated carbocycles. The molecule has 2 aromatic carbocycles. The lowest BCUT2D eigenvalue weighted by molar-refractivity contribution is -0.120. The van der Waals surface area contributed by atoms with Gasteiger partial charge in [0.25, 0.3) is 5.91 Å². The van der Waals surface area contributed by atoms with Crippen molar-refractivity contribution in [3.63, 3.8) is 0 Å². The summed E-state index contributed by atoms with van der Waals surface area (Å²) in [6.07, 6.45) is 1.63. The van der Waals surface area contributed by atoms with Gasteiger partial charge in [0, 0.05) is 24.4 Å². The monoisotopic (exact) mass is 435 g/mol. The summed E-state index contributed by atoms with van der Waals surface area (Å²) in [6, 6.07) is 18.1. The van der Waals surface area contributed by atoms with Crippen molar-refractivity contribution < 1.29 is 23.8 Å². The Morgan fingerprint density at radius 3 is 2.41 bits per heavy atom. The predicted octanol–water partition coefficient (Wildman–Crippen LogP) is 2.72. The number of hydrogen-bond donors (Lipinski definition) is 2. The number of carbonyl (C=O) groups excluding carboxylic acids is 2. The summed E-state index contributed by atoms with van der Waals surface area (Å²) in [4.78, 5) is 28.7. The Kier molecular flexibility index (Phi) is 8.02. The fourth-order valence-corrected chi connectivity index (χ4v) is 2.87. The average molecular weight is 435 g/mol. The number of hydrogen-bond acceptors (Lipinski definition) is 6. The Labute approximate surface area is 186 Å². The molecule has 0 aliphatic rings. The van der Waals surface area contributed by atoms with Gasteiger partial charge in [0.1, 0.15) is 6.61 Å². The standard InChI is InChI=1S/C24H25N3O5/c1-30-20-9-8-19(13-21(20)31-2)24(29)27-15-22(28)26-14-18-10-11-25-23(12-18)32-16-17-6-4-3-5-7-17/h3-13H,14-16H2,1-2H3,(H,26,28)(H,27,29). The third-order valence-electron chi connectivity index (χ3n) is 4.57. The minimum Gasteiger partial charge on any atom is -0.493 e. The normalized spacial score (nSPS) is 10.2. The van der Waals surface area contributed by atoms with E-state index in [4.69, 9.17) is 14.2 Å². The van der Waals surface area contributed by atoms with Gasteiger partial charge < -0.3 is 24.8 Å². The lowest BCUT2D eigenvalue weighted by atomic mass is 10.2. The first-order valence-corrected chi connectivity index (χ1v) is 9.97. The largest absolute Gasteiger partial charge is 0.493 e. The molecule has 3 rings (SSSR count). The van der Waals surface area contributed by atoms with Gasteiger partial charge in [-0.1, -0.05) is 30.3 Å². The summed E-state index contributed by atoms with van der Waals surface area (Å²) in [7, 11) is 3.01. The van der Waals surface area contributed by atoms with Gasteiger partial charge in [0.05, 0.1) is 20.8 Å². The summed E-state index contributed by atoms with van der Waals surface area (Å²) in [5.74, 6) is 0.727. The Morgan fingerprint density at radius 1 is 0.875 bits per heavy atom. The maximum Gasteiger partial charge on any atom is 0.251 e. The van der Waals surface area contributed by atoms with Crippen LogP contribution >= 0.6 is 0 Å². The predicted molar refractivity (Wildman–Crippen MR) is 119 cm³/mol. The van der Waals surface area contributed by atoms with Gasteiger partial charge in [0.15, 0.2) is 11.5 Å². The number of ether oxygens (including phenoxy) is 3. The second-order valence-corrected chi connectivity index (χ2v) is 6.81. The zero-order chi connectivity index (χ0) is 22.8. The van der Waals surface area contributed by atoms with E-state index >= 15 is 0 Å². The second-order valence-electron chi connectivity index (χ2n) is 6.81. The molecule has 0 fully saturated rings. The zero-order valence-corrected chi connectivity index (χ0v) is 18.0. The lowest BCUT2D eigenvalue weighted by Gasteiger charge is -2.11. The lowest BCUT2D eigenvalue weighted by Crippen LogP contribution is -2.36. The van der Waals surface area contributed by atoms with Crippen LogP contribution in [0.4, 0.5) is 0 Å². The molecule has 0 bridgehead atoms. The Morgan fingerprint density at radius 2 is 1.66 bits per heavy atom. The van der Waals surface area contributed by atoms with Gasteiger partial charge >= 0.3 is 0 Å². The van der Waals surface area contributed by atoms with E-state index in [0.29, 0.717) is 29.5 Å². The molecule has 0 unspecified atom stereocenters. The molecule has 0 radical (unpaired) electrons. The molecule has 166 valence electrons. The first-order chi connectivity index (χ1) is 15.6. The first-order valence-electron chi connectivity index (χ1n) is 9.97. The fraction of sp³-hybridized carbons (Fsp3) is 0.208. The van der Waals surface area contributed by atoms with Crippen LogP contribution in [-0.2, 0) is 17.9 Å². The second kappa shape index (κ2) is 11.4. The van der Waals surface area contributed by atoms with Crippen molar-refractivity contribution in [1.29, 1.82) is 0 Å². The molecule has 0 saturated heterocycles. The van der Waals surface area contributed by atoms with Gasteiger partial charge in [-0.05, 0) is 35.4 Å². The van der Waals surface area contributed by atoms with Crippen LogP contribution in [0.2, 0.25) is 0 Å². The van der Waals surface area contributed by atoms with E-state index < -0.39 is 0 Å². The van der Waals surface area contributed by atoms with Gasteiger partial charge in [-0.2, -0.15) is 0 Å². The number of nitrogens with one attached hydrogen (secondary N) is 2. The van der Waals surface area contributed by atoms with Crippen molar-refractivity contribution in [2.45, 2.75) is 13.2 Å². The number of amides is 2. The summed E-state index contributed by atoms with van der Waals surface area (Å²) in [5, 5.41) is 5.36. The quantitative estimate of drug-likeness (QED) is 0.508. The molecule has 2 N–H and O–H groups in total. The zero-order valence-electron chi connectivity index (χ0n) is 18.0. The summed E-state index contributed by atoms with van der Waals surface area (Å²) < 4.78 is 16.1. The van der Waals surface area contributed by atoms with Gasteiger partial charge in [-0.15, -0.1) is 0 Å². The van der Waals surface area contributed by atoms with Gasteiger partial charge in [-0.25, -0.2) is 4.98 Å². The van der Waals surface area contributed by atoms with E-state index in [0.717, 1.165) is 11.1 Å². The Balaban J connectivity index is 1.46. The fourth-order valence-electron chi connectivity index (χ4n) is 2.87. The number of rotatable bonds is 10. The highest BCUT2D eigenvalue weighted by molar-refractivity contribution is 5.97. The molecule has 8 nitrogen and oxygen atoms in total. The summed E-state index contributed by atoms with van der Waals surface area (Å²) in [6.45, 7) is 0.538. The number of benzene rings is 2. The minimum absolute atomic E-state index is 0.157. The highest BCUT2D eigenvalue weighted by atomic mass is 16.5. The van der Waals surface area contributed by atoms with Crippen molar-refractivity contribution in [2.24, 2.45) is 0 Å². The molecule has 1 heterocycles. The maximum absolute atomic E-state index is 12.3. The van der Waals surface area contributed by atoms with Crippen LogP contribution in [0.3, 0.4) is 0 Å². The highest BCUT2D eigenvalue weighted by Crippen LogP contribution is 2.27. The molecule has 0 aliphatic carbocycles. The van der Waals surface area contributed by atoms with E-state index in [1.807, 2.05) is 30.3 Å². The SMILES string of the molecule is COc1ccc(C(=O)NCC(=O)NCc2ccnc(OCc3ccccc3)c2)cc1OC. The molecule has 1 aromatic heterocycles. The van der Waals surface area contributed by atoms with Crippen LogP contribution in [0, 0.1) is 0 Å². The Bertz CT molecular complexity index is 1060. The summed E-state index contributed by atoms with van der Waals surface area (Å²) in [5.41, 5.74) is 2.24. The number of methoxy groups -OCH3 is 2.